The van der Waals surface area contributed by atoms with Gasteiger partial charge in [0.2, 0.25) is 5.91 Å². The molecule has 0 spiro atoms. The zero-order valence-corrected chi connectivity index (χ0v) is 14.7. The van der Waals surface area contributed by atoms with Crippen LogP contribution in [-0.4, -0.2) is 18.4 Å². The number of hydrogen-bond donors (Lipinski definition) is 1. The maximum Gasteiger partial charge on any atom is 0.255 e. The smallest absolute Gasteiger partial charge is 0.255 e. The largest absolute Gasteiger partial charge is 0.322 e. The summed E-state index contributed by atoms with van der Waals surface area (Å²) < 4.78 is 0.866. The van der Waals surface area contributed by atoms with Crippen LogP contribution < -0.4 is 10.2 Å². The number of fused-ring (bicyclic) bond motifs is 1. The van der Waals surface area contributed by atoms with Gasteiger partial charge >= 0.3 is 0 Å². The molecule has 0 bridgehead atoms. The molecule has 0 aromatic heterocycles. The van der Waals surface area contributed by atoms with Crippen LogP contribution in [0, 0.1) is 5.92 Å². The van der Waals surface area contributed by atoms with Crippen LogP contribution >= 0.6 is 15.9 Å². The predicted octanol–water partition coefficient (Wildman–Crippen LogP) is 4.00. The molecule has 2 aromatic carbocycles. The first-order valence-electron chi connectivity index (χ1n) is 8.13. The van der Waals surface area contributed by atoms with E-state index in [2.05, 4.69) is 21.2 Å². The summed E-state index contributed by atoms with van der Waals surface area (Å²) in [7, 11) is 0. The summed E-state index contributed by atoms with van der Waals surface area (Å²) in [5, 5.41) is 2.92. The van der Waals surface area contributed by atoms with Gasteiger partial charge in [-0.15, -0.1) is 0 Å². The van der Waals surface area contributed by atoms with Crippen molar-refractivity contribution in [2.24, 2.45) is 5.92 Å². The fourth-order valence-corrected chi connectivity index (χ4v) is 3.47. The van der Waals surface area contributed by atoms with E-state index in [1.54, 1.807) is 12.1 Å². The lowest BCUT2D eigenvalue weighted by atomic mass is 10.1. The van der Waals surface area contributed by atoms with Gasteiger partial charge in [-0.3, -0.25) is 9.59 Å². The van der Waals surface area contributed by atoms with Gasteiger partial charge in [-0.25, -0.2) is 0 Å². The molecule has 2 aromatic rings. The lowest BCUT2D eigenvalue weighted by molar-refractivity contribution is -0.119. The first-order chi connectivity index (χ1) is 11.6. The molecule has 4 nitrogen and oxygen atoms in total. The molecule has 5 heteroatoms. The molecule has 1 heterocycles. The predicted molar refractivity (Wildman–Crippen MR) is 97.3 cm³/mol. The summed E-state index contributed by atoms with van der Waals surface area (Å²) in [5.74, 6) is 0.273. The molecular weight excluding hydrogens is 368 g/mol. The zero-order valence-electron chi connectivity index (χ0n) is 13.1. The van der Waals surface area contributed by atoms with Gasteiger partial charge < -0.3 is 10.2 Å². The first-order valence-corrected chi connectivity index (χ1v) is 8.92. The average molecular weight is 385 g/mol. The normalized spacial score (nSPS) is 16.0. The number of halogens is 1. The third-order valence-corrected chi connectivity index (χ3v) is 5.01. The molecule has 1 aliphatic heterocycles. The van der Waals surface area contributed by atoms with Crippen molar-refractivity contribution in [3.63, 3.8) is 0 Å². The van der Waals surface area contributed by atoms with Crippen molar-refractivity contribution >= 4 is 39.1 Å². The Morgan fingerprint density at radius 3 is 2.71 bits per heavy atom. The third-order valence-electron chi connectivity index (χ3n) is 4.52. The van der Waals surface area contributed by atoms with Crippen molar-refractivity contribution in [2.45, 2.75) is 19.3 Å². The van der Waals surface area contributed by atoms with Crippen molar-refractivity contribution < 1.29 is 9.59 Å². The van der Waals surface area contributed by atoms with Crippen molar-refractivity contribution in [3.05, 3.63) is 58.1 Å². The molecule has 0 unspecified atom stereocenters. The van der Waals surface area contributed by atoms with Crippen LogP contribution in [0.15, 0.2) is 46.9 Å². The van der Waals surface area contributed by atoms with E-state index in [1.807, 2.05) is 35.2 Å². The van der Waals surface area contributed by atoms with E-state index in [0.29, 0.717) is 11.3 Å². The summed E-state index contributed by atoms with van der Waals surface area (Å²) in [6, 6.07) is 13.1. The monoisotopic (exact) mass is 384 g/mol. The highest BCUT2D eigenvalue weighted by Crippen LogP contribution is 2.37. The molecular formula is C19H17BrN2O2. The number of hydrogen-bond acceptors (Lipinski definition) is 2. The number of carbonyl (C=O) groups is 2. The second-order valence-corrected chi connectivity index (χ2v) is 7.24. The van der Waals surface area contributed by atoms with Gasteiger partial charge in [0.05, 0.1) is 0 Å². The number of rotatable bonds is 3. The Morgan fingerprint density at radius 1 is 1.12 bits per heavy atom. The van der Waals surface area contributed by atoms with E-state index in [0.717, 1.165) is 36.0 Å². The lowest BCUT2D eigenvalue weighted by Gasteiger charge is -2.18. The molecule has 2 amide bonds. The zero-order chi connectivity index (χ0) is 16.7. The van der Waals surface area contributed by atoms with Gasteiger partial charge in [0.1, 0.15) is 0 Å². The van der Waals surface area contributed by atoms with Crippen molar-refractivity contribution in [3.8, 4) is 0 Å². The number of benzene rings is 2. The van der Waals surface area contributed by atoms with Gasteiger partial charge in [-0.05, 0) is 55.2 Å². The Bertz CT molecular complexity index is 830. The van der Waals surface area contributed by atoms with Gasteiger partial charge in [-0.2, -0.15) is 0 Å². The Labute approximate surface area is 149 Å². The average Bonchev–Trinajstić information content (AvgIpc) is 3.34. The van der Waals surface area contributed by atoms with E-state index < -0.39 is 0 Å². The molecule has 1 saturated carbocycles. The van der Waals surface area contributed by atoms with E-state index in [9.17, 15) is 9.59 Å². The van der Waals surface area contributed by atoms with Crippen LogP contribution in [0.25, 0.3) is 0 Å². The Kier molecular flexibility index (Phi) is 3.88. The number of anilines is 2. The molecule has 0 saturated heterocycles. The summed E-state index contributed by atoms with van der Waals surface area (Å²) in [5.41, 5.74) is 3.42. The molecule has 1 N–H and O–H groups in total. The van der Waals surface area contributed by atoms with Crippen molar-refractivity contribution in [2.75, 3.05) is 16.8 Å². The van der Waals surface area contributed by atoms with E-state index in [4.69, 9.17) is 0 Å². The molecule has 122 valence electrons. The SMILES string of the molecule is O=C(Nc1ccc2c(c1)N(C(=O)C1CC1)CC2)c1cccc(Br)c1. The quantitative estimate of drug-likeness (QED) is 0.869. The van der Waals surface area contributed by atoms with Crippen LogP contribution in [0.1, 0.15) is 28.8 Å². The van der Waals surface area contributed by atoms with Crippen LogP contribution in [0.4, 0.5) is 11.4 Å². The Hall–Kier alpha value is -2.14. The van der Waals surface area contributed by atoms with E-state index in [1.165, 1.54) is 5.56 Å². The molecule has 4 rings (SSSR count). The summed E-state index contributed by atoms with van der Waals surface area (Å²) in [6.07, 6.45) is 2.89. The fraction of sp³-hybridized carbons (Fsp3) is 0.263. The first kappa shape index (κ1) is 15.4. The summed E-state index contributed by atoms with van der Waals surface area (Å²) >= 11 is 3.38. The van der Waals surface area contributed by atoms with Crippen LogP contribution in [0.5, 0.6) is 0 Å². The van der Waals surface area contributed by atoms with Crippen molar-refractivity contribution in [1.82, 2.24) is 0 Å². The Balaban J connectivity index is 1.56. The van der Waals surface area contributed by atoms with Gasteiger partial charge in [0.25, 0.3) is 5.91 Å². The number of nitrogens with zero attached hydrogens (tertiary/aromatic N) is 1. The molecule has 1 fully saturated rings. The fourth-order valence-electron chi connectivity index (χ4n) is 3.07. The van der Waals surface area contributed by atoms with Gasteiger partial charge in [0.15, 0.2) is 0 Å². The van der Waals surface area contributed by atoms with Gasteiger partial charge in [0, 0.05) is 33.9 Å². The molecule has 1 aliphatic carbocycles. The minimum atomic E-state index is -0.158. The van der Waals surface area contributed by atoms with Crippen molar-refractivity contribution in [1.29, 1.82) is 0 Å². The summed E-state index contributed by atoms with van der Waals surface area (Å²) in [6.45, 7) is 0.744. The summed E-state index contributed by atoms with van der Waals surface area (Å²) in [4.78, 5) is 26.7. The second kappa shape index (κ2) is 6.06. The molecule has 24 heavy (non-hydrogen) atoms. The molecule has 0 atom stereocenters. The highest BCUT2D eigenvalue weighted by atomic mass is 79.9. The Morgan fingerprint density at radius 2 is 1.96 bits per heavy atom. The molecule has 2 aliphatic rings. The minimum absolute atomic E-state index is 0.158. The maximum atomic E-state index is 12.4. The second-order valence-electron chi connectivity index (χ2n) is 6.32. The number of carbonyl (C=O) groups excluding carboxylic acids is 2. The van der Waals surface area contributed by atoms with Crippen LogP contribution in [-0.2, 0) is 11.2 Å². The topological polar surface area (TPSA) is 49.4 Å². The minimum Gasteiger partial charge on any atom is -0.322 e. The number of amides is 2. The third kappa shape index (κ3) is 2.96. The van der Waals surface area contributed by atoms with E-state index >= 15 is 0 Å². The van der Waals surface area contributed by atoms with Crippen LogP contribution in [0.2, 0.25) is 0 Å². The molecule has 0 radical (unpaired) electrons. The van der Waals surface area contributed by atoms with Gasteiger partial charge in [-0.1, -0.05) is 28.1 Å². The highest BCUT2D eigenvalue weighted by molar-refractivity contribution is 9.10. The highest BCUT2D eigenvalue weighted by Gasteiger charge is 2.36. The maximum absolute atomic E-state index is 12.4. The van der Waals surface area contributed by atoms with E-state index in [-0.39, 0.29) is 17.7 Å². The standard InChI is InChI=1S/C19H17BrN2O2/c20-15-3-1-2-14(10-15)18(23)21-16-7-6-12-8-9-22(17(12)11-16)19(24)13-4-5-13/h1-3,6-7,10-11,13H,4-5,8-9H2,(H,21,23). The number of nitrogens with one attached hydrogen (secondary N) is 1. The lowest BCUT2D eigenvalue weighted by Crippen LogP contribution is -2.30. The van der Waals surface area contributed by atoms with Crippen LogP contribution in [0.3, 0.4) is 0 Å².